The number of benzene rings is 2. The van der Waals surface area contributed by atoms with E-state index in [0.29, 0.717) is 12.2 Å². The lowest BCUT2D eigenvalue weighted by Crippen LogP contribution is -2.44. The van der Waals surface area contributed by atoms with E-state index in [9.17, 15) is 18.0 Å². The maximum Gasteiger partial charge on any atom is 0.261 e. The van der Waals surface area contributed by atoms with Crippen LogP contribution in [0.15, 0.2) is 59.5 Å². The van der Waals surface area contributed by atoms with Gasteiger partial charge in [-0.15, -0.1) is 0 Å². The van der Waals surface area contributed by atoms with E-state index in [2.05, 4.69) is 15.4 Å². The molecule has 0 unspecified atom stereocenters. The van der Waals surface area contributed by atoms with Crippen LogP contribution in [0.3, 0.4) is 0 Å². The molecule has 0 spiro atoms. The number of carbonyl (C=O) groups excluding carboxylic acids is 2. The van der Waals surface area contributed by atoms with Crippen LogP contribution in [0.25, 0.3) is 0 Å². The zero-order valence-corrected chi connectivity index (χ0v) is 15.3. The molecule has 1 atom stereocenters. The van der Waals surface area contributed by atoms with Crippen LogP contribution < -0.4 is 15.4 Å². The Balaban J connectivity index is 2.07. The lowest BCUT2D eigenvalue weighted by atomic mass is 10.2. The number of anilines is 1. The third-order valence-electron chi connectivity index (χ3n) is 3.54. The second-order valence-corrected chi connectivity index (χ2v) is 7.27. The van der Waals surface area contributed by atoms with Gasteiger partial charge in [0.2, 0.25) is 5.91 Å². The van der Waals surface area contributed by atoms with Crippen molar-refractivity contribution in [2.75, 3.05) is 11.3 Å². The number of likely N-dealkylation sites (N-methyl/N-ethyl adjacent to an activating group) is 1. The summed E-state index contributed by atoms with van der Waals surface area (Å²) in [7, 11) is -3.75. The van der Waals surface area contributed by atoms with Crippen LogP contribution in [-0.4, -0.2) is 32.8 Å². The Kier molecular flexibility index (Phi) is 6.35. The lowest BCUT2D eigenvalue weighted by Gasteiger charge is -2.13. The number of rotatable bonds is 7. The van der Waals surface area contributed by atoms with Crippen LogP contribution >= 0.6 is 0 Å². The second kappa shape index (κ2) is 8.48. The molecule has 0 fully saturated rings. The van der Waals surface area contributed by atoms with Gasteiger partial charge in [-0.2, -0.15) is 0 Å². The largest absolute Gasteiger partial charge is 0.355 e. The van der Waals surface area contributed by atoms with E-state index in [4.69, 9.17) is 0 Å². The van der Waals surface area contributed by atoms with Crippen molar-refractivity contribution in [2.45, 2.75) is 24.8 Å². The third-order valence-corrected chi connectivity index (χ3v) is 4.94. The zero-order chi connectivity index (χ0) is 19.2. The Bertz CT molecular complexity index is 865. The fraction of sp³-hybridized carbons (Fsp3) is 0.222. The van der Waals surface area contributed by atoms with Crippen molar-refractivity contribution in [3.05, 3.63) is 60.2 Å². The number of carbonyl (C=O) groups is 2. The summed E-state index contributed by atoms with van der Waals surface area (Å²) in [5.74, 6) is -0.740. The molecule has 3 N–H and O–H groups in total. The van der Waals surface area contributed by atoms with Gasteiger partial charge in [-0.05, 0) is 50.2 Å². The molecule has 0 aromatic heterocycles. The maximum atomic E-state index is 12.4. The monoisotopic (exact) mass is 375 g/mol. The predicted molar refractivity (Wildman–Crippen MR) is 99.3 cm³/mol. The first-order chi connectivity index (χ1) is 12.3. The number of nitrogens with one attached hydrogen (secondary N) is 3. The molecular formula is C18H21N3O4S. The standard InChI is InChI=1S/C18H21N3O4S/c1-3-19-17(22)13(2)20-18(23)14-9-11-16(12-10-14)26(24,25)21-15-7-5-4-6-8-15/h4-13,21H,3H2,1-2H3,(H,19,22)(H,20,23)/t13-/m1/s1. The summed E-state index contributed by atoms with van der Waals surface area (Å²) < 4.78 is 27.2. The minimum Gasteiger partial charge on any atom is -0.355 e. The summed E-state index contributed by atoms with van der Waals surface area (Å²) in [5.41, 5.74) is 0.713. The average molecular weight is 375 g/mol. The number of sulfonamides is 1. The van der Waals surface area contributed by atoms with Gasteiger partial charge in [-0.3, -0.25) is 14.3 Å². The van der Waals surface area contributed by atoms with E-state index in [1.54, 1.807) is 44.2 Å². The van der Waals surface area contributed by atoms with Gasteiger partial charge in [0.15, 0.2) is 0 Å². The number of amides is 2. The molecule has 138 valence electrons. The molecule has 8 heteroatoms. The highest BCUT2D eigenvalue weighted by molar-refractivity contribution is 7.92. The summed E-state index contributed by atoms with van der Waals surface area (Å²) >= 11 is 0. The quantitative estimate of drug-likeness (QED) is 0.686. The summed E-state index contributed by atoms with van der Waals surface area (Å²) in [6.07, 6.45) is 0. The van der Waals surface area contributed by atoms with E-state index in [-0.39, 0.29) is 16.4 Å². The highest BCUT2D eigenvalue weighted by Crippen LogP contribution is 2.16. The van der Waals surface area contributed by atoms with Gasteiger partial charge in [0.1, 0.15) is 6.04 Å². The van der Waals surface area contributed by atoms with Crippen molar-refractivity contribution in [3.63, 3.8) is 0 Å². The highest BCUT2D eigenvalue weighted by atomic mass is 32.2. The minimum absolute atomic E-state index is 0.0367. The Morgan fingerprint density at radius 2 is 1.62 bits per heavy atom. The van der Waals surface area contributed by atoms with Crippen LogP contribution in [0.4, 0.5) is 5.69 Å². The number of hydrogen-bond acceptors (Lipinski definition) is 4. The van der Waals surface area contributed by atoms with Crippen LogP contribution in [0.5, 0.6) is 0 Å². The second-order valence-electron chi connectivity index (χ2n) is 5.59. The van der Waals surface area contributed by atoms with E-state index in [0.717, 1.165) is 0 Å². The molecule has 0 bridgehead atoms. The summed E-state index contributed by atoms with van der Waals surface area (Å²) in [6.45, 7) is 3.83. The van der Waals surface area contributed by atoms with Crippen LogP contribution in [0.1, 0.15) is 24.2 Å². The molecule has 2 aromatic rings. The van der Waals surface area contributed by atoms with Crippen molar-refractivity contribution in [3.8, 4) is 0 Å². The summed E-state index contributed by atoms with van der Waals surface area (Å²) in [6, 6.07) is 13.3. The van der Waals surface area contributed by atoms with Gasteiger partial charge in [0.05, 0.1) is 4.90 Å². The predicted octanol–water partition coefficient (Wildman–Crippen LogP) is 1.74. The third kappa shape index (κ3) is 5.06. The normalized spacial score (nSPS) is 12.1. The fourth-order valence-electron chi connectivity index (χ4n) is 2.18. The molecule has 0 heterocycles. The van der Waals surface area contributed by atoms with Crippen molar-refractivity contribution in [1.29, 1.82) is 0 Å². The van der Waals surface area contributed by atoms with Crippen LogP contribution in [-0.2, 0) is 14.8 Å². The van der Waals surface area contributed by atoms with Gasteiger partial charge < -0.3 is 10.6 Å². The van der Waals surface area contributed by atoms with Gasteiger partial charge in [0.25, 0.3) is 15.9 Å². The minimum atomic E-state index is -3.75. The first-order valence-electron chi connectivity index (χ1n) is 8.10. The summed E-state index contributed by atoms with van der Waals surface area (Å²) in [5, 5.41) is 5.18. The molecule has 2 aromatic carbocycles. The molecule has 0 radical (unpaired) electrons. The molecule has 2 rings (SSSR count). The maximum absolute atomic E-state index is 12.4. The molecule has 7 nitrogen and oxygen atoms in total. The Morgan fingerprint density at radius 1 is 1.00 bits per heavy atom. The Morgan fingerprint density at radius 3 is 2.19 bits per heavy atom. The van der Waals surface area contributed by atoms with Crippen molar-refractivity contribution < 1.29 is 18.0 Å². The van der Waals surface area contributed by atoms with Crippen molar-refractivity contribution >= 4 is 27.5 Å². The van der Waals surface area contributed by atoms with Gasteiger partial charge in [0, 0.05) is 17.8 Å². The molecular weight excluding hydrogens is 354 g/mol. The topological polar surface area (TPSA) is 104 Å². The number of para-hydroxylation sites is 1. The van der Waals surface area contributed by atoms with Crippen LogP contribution in [0.2, 0.25) is 0 Å². The van der Waals surface area contributed by atoms with Crippen LogP contribution in [0, 0.1) is 0 Å². The Hall–Kier alpha value is -2.87. The molecule has 2 amide bonds. The molecule has 26 heavy (non-hydrogen) atoms. The number of hydrogen-bond donors (Lipinski definition) is 3. The van der Waals surface area contributed by atoms with E-state index < -0.39 is 22.0 Å². The van der Waals surface area contributed by atoms with E-state index in [1.807, 2.05) is 0 Å². The zero-order valence-electron chi connectivity index (χ0n) is 14.5. The van der Waals surface area contributed by atoms with Gasteiger partial charge >= 0.3 is 0 Å². The molecule has 0 aliphatic carbocycles. The first-order valence-corrected chi connectivity index (χ1v) is 9.58. The average Bonchev–Trinajstić information content (AvgIpc) is 2.62. The van der Waals surface area contributed by atoms with E-state index in [1.165, 1.54) is 24.3 Å². The summed E-state index contributed by atoms with van der Waals surface area (Å²) in [4.78, 5) is 23.9. The smallest absolute Gasteiger partial charge is 0.261 e. The lowest BCUT2D eigenvalue weighted by molar-refractivity contribution is -0.122. The van der Waals surface area contributed by atoms with Gasteiger partial charge in [-0.1, -0.05) is 18.2 Å². The van der Waals surface area contributed by atoms with E-state index >= 15 is 0 Å². The van der Waals surface area contributed by atoms with Crippen molar-refractivity contribution in [2.24, 2.45) is 0 Å². The molecule has 0 aliphatic rings. The first kappa shape index (κ1) is 19.5. The molecule has 0 saturated heterocycles. The Labute approximate surface area is 152 Å². The fourth-order valence-corrected chi connectivity index (χ4v) is 3.24. The highest BCUT2D eigenvalue weighted by Gasteiger charge is 2.18. The molecule has 0 aliphatic heterocycles. The molecule has 0 saturated carbocycles. The van der Waals surface area contributed by atoms with Crippen molar-refractivity contribution in [1.82, 2.24) is 10.6 Å². The SMILES string of the molecule is CCNC(=O)[C@@H](C)NC(=O)c1ccc(S(=O)(=O)Nc2ccccc2)cc1. The van der Waals surface area contributed by atoms with Gasteiger partial charge in [-0.25, -0.2) is 8.42 Å².